The third kappa shape index (κ3) is 7.46. The lowest BCUT2D eigenvalue weighted by atomic mass is 10.1. The molecule has 0 aliphatic carbocycles. The van der Waals surface area contributed by atoms with E-state index in [2.05, 4.69) is 0 Å². The summed E-state index contributed by atoms with van der Waals surface area (Å²) in [6.07, 6.45) is 3.10. The fourth-order valence-electron chi connectivity index (χ4n) is 2.12. The molecule has 5 nitrogen and oxygen atoms in total. The van der Waals surface area contributed by atoms with Gasteiger partial charge in [-0.15, -0.1) is 0 Å². The Morgan fingerprint density at radius 1 is 1.24 bits per heavy atom. The van der Waals surface area contributed by atoms with Gasteiger partial charge in [-0.2, -0.15) is 0 Å². The highest BCUT2D eigenvalue weighted by Gasteiger charge is 2.20. The molecule has 0 bridgehead atoms. The van der Waals surface area contributed by atoms with E-state index in [1.807, 2.05) is 19.0 Å². The van der Waals surface area contributed by atoms with Crippen molar-refractivity contribution in [3.8, 4) is 0 Å². The molecule has 1 atom stereocenters. The molecule has 0 saturated heterocycles. The van der Waals surface area contributed by atoms with Crippen LogP contribution in [0.5, 0.6) is 0 Å². The van der Waals surface area contributed by atoms with E-state index in [0.29, 0.717) is 28.7 Å². The summed E-state index contributed by atoms with van der Waals surface area (Å²) >= 11 is 12.0. The summed E-state index contributed by atoms with van der Waals surface area (Å²) in [6, 6.07) is 5.08. The minimum Gasteiger partial charge on any atom is -0.469 e. The van der Waals surface area contributed by atoms with Crippen LogP contribution in [0.1, 0.15) is 12.5 Å². The number of hydrogen-bond acceptors (Lipinski definition) is 4. The Kier molecular flexibility index (Phi) is 8.97. The number of benzene rings is 1. The zero-order valence-electron chi connectivity index (χ0n) is 15.0. The maximum Gasteiger partial charge on any atom is 0.310 e. The van der Waals surface area contributed by atoms with Crippen LogP contribution < -0.4 is 0 Å². The molecule has 0 aliphatic rings. The Morgan fingerprint density at radius 3 is 2.48 bits per heavy atom. The fourth-order valence-corrected chi connectivity index (χ4v) is 2.59. The van der Waals surface area contributed by atoms with Crippen molar-refractivity contribution in [3.05, 3.63) is 39.9 Å². The number of likely N-dealkylation sites (N-methyl/N-ethyl adjacent to an activating group) is 1. The SMILES string of the molecule is COC(=O)C(C)CN(CCN(C)C)C(=O)/C=C/c1ccc(Cl)cc1Cl. The summed E-state index contributed by atoms with van der Waals surface area (Å²) in [6.45, 7) is 3.22. The predicted molar refractivity (Wildman–Crippen MR) is 102 cm³/mol. The number of ether oxygens (including phenoxy) is 1. The van der Waals surface area contributed by atoms with Gasteiger partial charge in [0.15, 0.2) is 0 Å². The monoisotopic (exact) mass is 386 g/mol. The summed E-state index contributed by atoms with van der Waals surface area (Å²) in [5, 5.41) is 1.01. The van der Waals surface area contributed by atoms with Gasteiger partial charge in [0.25, 0.3) is 0 Å². The van der Waals surface area contributed by atoms with Crippen LogP contribution in [-0.2, 0) is 14.3 Å². The topological polar surface area (TPSA) is 49.9 Å². The summed E-state index contributed by atoms with van der Waals surface area (Å²) in [7, 11) is 5.19. The molecule has 0 heterocycles. The number of nitrogens with zero attached hydrogens (tertiary/aromatic N) is 2. The molecule has 138 valence electrons. The van der Waals surface area contributed by atoms with E-state index in [-0.39, 0.29) is 18.4 Å². The molecule has 0 spiro atoms. The first-order valence-electron chi connectivity index (χ1n) is 7.89. The summed E-state index contributed by atoms with van der Waals surface area (Å²) in [5.41, 5.74) is 0.702. The van der Waals surface area contributed by atoms with E-state index in [4.69, 9.17) is 27.9 Å². The second-order valence-electron chi connectivity index (χ2n) is 6.01. The average molecular weight is 387 g/mol. The summed E-state index contributed by atoms with van der Waals surface area (Å²) in [5.74, 6) is -0.931. The van der Waals surface area contributed by atoms with E-state index in [9.17, 15) is 9.59 Å². The largest absolute Gasteiger partial charge is 0.469 e. The smallest absolute Gasteiger partial charge is 0.310 e. The van der Waals surface area contributed by atoms with E-state index >= 15 is 0 Å². The lowest BCUT2D eigenvalue weighted by Crippen LogP contribution is -2.40. The van der Waals surface area contributed by atoms with Crippen molar-refractivity contribution in [1.82, 2.24) is 9.80 Å². The van der Waals surface area contributed by atoms with Gasteiger partial charge >= 0.3 is 5.97 Å². The maximum atomic E-state index is 12.6. The molecule has 0 aromatic heterocycles. The van der Waals surface area contributed by atoms with Crippen molar-refractivity contribution >= 4 is 41.2 Å². The summed E-state index contributed by atoms with van der Waals surface area (Å²) < 4.78 is 4.74. The Morgan fingerprint density at radius 2 is 1.92 bits per heavy atom. The van der Waals surface area contributed by atoms with Gasteiger partial charge < -0.3 is 14.5 Å². The van der Waals surface area contributed by atoms with Gasteiger partial charge in [0.2, 0.25) is 5.91 Å². The zero-order valence-corrected chi connectivity index (χ0v) is 16.5. The number of carbonyl (C=O) groups is 2. The molecule has 25 heavy (non-hydrogen) atoms. The standard InChI is InChI=1S/C18H24Cl2N2O3/c1-13(18(24)25-4)12-22(10-9-21(2)3)17(23)8-6-14-5-7-15(19)11-16(14)20/h5-8,11,13H,9-10,12H2,1-4H3/b8-6+. The quantitative estimate of drug-likeness (QED) is 0.508. The number of rotatable bonds is 8. The van der Waals surface area contributed by atoms with Gasteiger partial charge in [0.05, 0.1) is 13.0 Å². The molecule has 1 amide bonds. The first-order valence-corrected chi connectivity index (χ1v) is 8.64. The van der Waals surface area contributed by atoms with Crippen molar-refractivity contribution in [2.75, 3.05) is 40.8 Å². The highest BCUT2D eigenvalue weighted by Crippen LogP contribution is 2.22. The molecule has 1 aromatic rings. The van der Waals surface area contributed by atoms with Crippen LogP contribution in [0.2, 0.25) is 10.0 Å². The number of esters is 1. The predicted octanol–water partition coefficient (Wildman–Crippen LogP) is 3.21. The lowest BCUT2D eigenvalue weighted by molar-refractivity contribution is -0.146. The molecular weight excluding hydrogens is 363 g/mol. The normalized spacial score (nSPS) is 12.4. The maximum absolute atomic E-state index is 12.6. The molecule has 0 radical (unpaired) electrons. The molecule has 0 fully saturated rings. The van der Waals surface area contributed by atoms with Crippen molar-refractivity contribution < 1.29 is 14.3 Å². The van der Waals surface area contributed by atoms with Gasteiger partial charge in [0.1, 0.15) is 0 Å². The van der Waals surface area contributed by atoms with Crippen LogP contribution in [0, 0.1) is 5.92 Å². The molecule has 0 aliphatic heterocycles. The average Bonchev–Trinajstić information content (AvgIpc) is 2.56. The van der Waals surface area contributed by atoms with Gasteiger partial charge in [-0.3, -0.25) is 9.59 Å². The van der Waals surface area contributed by atoms with Gasteiger partial charge in [-0.05, 0) is 37.9 Å². The van der Waals surface area contributed by atoms with Crippen LogP contribution in [0.25, 0.3) is 6.08 Å². The highest BCUT2D eigenvalue weighted by molar-refractivity contribution is 6.35. The Balaban J connectivity index is 2.86. The van der Waals surface area contributed by atoms with Gasteiger partial charge in [0, 0.05) is 35.8 Å². The number of methoxy groups -OCH3 is 1. The van der Waals surface area contributed by atoms with Gasteiger partial charge in [-0.1, -0.05) is 36.2 Å². The molecule has 7 heteroatoms. The highest BCUT2D eigenvalue weighted by atomic mass is 35.5. The van der Waals surface area contributed by atoms with Crippen LogP contribution in [-0.4, -0.2) is 62.5 Å². The van der Waals surface area contributed by atoms with Crippen LogP contribution in [0.15, 0.2) is 24.3 Å². The lowest BCUT2D eigenvalue weighted by Gasteiger charge is -2.25. The van der Waals surface area contributed by atoms with Crippen LogP contribution in [0.3, 0.4) is 0 Å². The Labute approximate surface area is 159 Å². The minimum atomic E-state index is -0.399. The third-order valence-electron chi connectivity index (χ3n) is 3.59. The van der Waals surface area contributed by atoms with E-state index in [0.717, 1.165) is 0 Å². The third-order valence-corrected chi connectivity index (χ3v) is 4.16. The zero-order chi connectivity index (χ0) is 19.0. The molecule has 1 aromatic carbocycles. The van der Waals surface area contributed by atoms with E-state index in [1.54, 1.807) is 36.1 Å². The Bertz CT molecular complexity index is 633. The van der Waals surface area contributed by atoms with Crippen molar-refractivity contribution in [2.45, 2.75) is 6.92 Å². The van der Waals surface area contributed by atoms with E-state index in [1.165, 1.54) is 13.2 Å². The molecule has 1 unspecified atom stereocenters. The number of amides is 1. The number of carbonyl (C=O) groups excluding carboxylic acids is 2. The first-order chi connectivity index (χ1) is 11.7. The van der Waals surface area contributed by atoms with Crippen LogP contribution >= 0.6 is 23.2 Å². The number of halogens is 2. The second-order valence-corrected chi connectivity index (χ2v) is 6.85. The van der Waals surface area contributed by atoms with Crippen molar-refractivity contribution in [2.24, 2.45) is 5.92 Å². The molecular formula is C18H24Cl2N2O3. The van der Waals surface area contributed by atoms with E-state index < -0.39 is 5.92 Å². The second kappa shape index (κ2) is 10.4. The van der Waals surface area contributed by atoms with Gasteiger partial charge in [-0.25, -0.2) is 0 Å². The molecule has 1 rings (SSSR count). The van der Waals surface area contributed by atoms with Crippen molar-refractivity contribution in [1.29, 1.82) is 0 Å². The molecule has 0 saturated carbocycles. The van der Waals surface area contributed by atoms with Crippen molar-refractivity contribution in [3.63, 3.8) is 0 Å². The summed E-state index contributed by atoms with van der Waals surface area (Å²) in [4.78, 5) is 27.8. The Hall–Kier alpha value is -1.56. The number of hydrogen-bond donors (Lipinski definition) is 0. The first kappa shape index (κ1) is 21.5. The minimum absolute atomic E-state index is 0.191. The van der Waals surface area contributed by atoms with Crippen LogP contribution in [0.4, 0.5) is 0 Å². The fraction of sp³-hybridized carbons (Fsp3) is 0.444. The molecule has 0 N–H and O–H groups in total.